The molecule has 1 saturated heterocycles. The van der Waals surface area contributed by atoms with Crippen molar-refractivity contribution in [1.29, 1.82) is 0 Å². The van der Waals surface area contributed by atoms with Gasteiger partial charge in [-0.1, -0.05) is 54.3 Å². The molecule has 0 spiro atoms. The van der Waals surface area contributed by atoms with E-state index in [1.807, 2.05) is 31.2 Å². The highest BCUT2D eigenvalue weighted by Crippen LogP contribution is 2.40. The van der Waals surface area contributed by atoms with Crippen LogP contribution in [0.15, 0.2) is 103 Å². The number of aromatic amines is 1. The normalized spacial score (nSPS) is 16.6. The molecule has 1 fully saturated rings. The number of hydrogen-bond donors (Lipinski definition) is 1. The maximum Gasteiger partial charge on any atom is 0.295 e. The van der Waals surface area contributed by atoms with E-state index in [0.717, 1.165) is 16.7 Å². The van der Waals surface area contributed by atoms with Crippen molar-refractivity contribution in [1.82, 2.24) is 4.90 Å². The number of rotatable bonds is 7. The summed E-state index contributed by atoms with van der Waals surface area (Å²) in [5.74, 6) is -1.58. The molecule has 1 aliphatic heterocycles. The lowest BCUT2D eigenvalue weighted by Crippen LogP contribution is -2.29. The zero-order valence-electron chi connectivity index (χ0n) is 20.8. The van der Waals surface area contributed by atoms with Gasteiger partial charge in [-0.25, -0.2) is 4.98 Å². The first-order chi connectivity index (χ1) is 18.4. The minimum atomic E-state index is -0.934. The fourth-order valence-corrected chi connectivity index (χ4v) is 4.59. The summed E-state index contributed by atoms with van der Waals surface area (Å²) < 4.78 is 5.88. The van der Waals surface area contributed by atoms with Gasteiger partial charge >= 0.3 is 0 Å². The number of likely N-dealkylation sites (tertiary alicyclic amines) is 1. The molecule has 7 heteroatoms. The van der Waals surface area contributed by atoms with Crippen LogP contribution in [0.25, 0.3) is 5.76 Å². The number of amides is 1. The molecule has 0 radical (unpaired) electrons. The molecule has 7 nitrogen and oxygen atoms in total. The maximum atomic E-state index is 13.7. The van der Waals surface area contributed by atoms with E-state index in [1.54, 1.807) is 60.9 Å². The quantitative estimate of drug-likeness (QED) is 0.235. The molecule has 3 aromatic carbocycles. The monoisotopic (exact) mass is 506 g/mol. The number of benzene rings is 3. The number of aromatic hydroxyl groups is 1. The number of pyridine rings is 1. The lowest BCUT2D eigenvalue weighted by atomic mass is 9.95. The summed E-state index contributed by atoms with van der Waals surface area (Å²) in [7, 11) is 0. The number of phenolic OH excluding ortho intramolecular Hbond substituents is 1. The second-order valence-corrected chi connectivity index (χ2v) is 9.15. The number of Topliss-reactive ketones (excluding diaryl/α,β-unsaturated/α-hetero) is 1. The first-order valence-corrected chi connectivity index (χ1v) is 12.2. The van der Waals surface area contributed by atoms with Crippen LogP contribution in [0.2, 0.25) is 0 Å². The topological polar surface area (TPSA) is 104 Å². The lowest BCUT2D eigenvalue weighted by Gasteiger charge is -2.27. The van der Waals surface area contributed by atoms with Crippen LogP contribution in [0.4, 0.5) is 0 Å². The minimum Gasteiger partial charge on any atom is -0.872 e. The Morgan fingerprint density at radius 1 is 0.974 bits per heavy atom. The third-order valence-electron chi connectivity index (χ3n) is 6.63. The van der Waals surface area contributed by atoms with Crippen LogP contribution >= 0.6 is 0 Å². The molecule has 1 unspecified atom stereocenters. The third-order valence-corrected chi connectivity index (χ3v) is 6.63. The van der Waals surface area contributed by atoms with E-state index in [2.05, 4.69) is 4.98 Å². The van der Waals surface area contributed by atoms with Crippen molar-refractivity contribution in [3.8, 4) is 11.5 Å². The largest absolute Gasteiger partial charge is 0.872 e. The van der Waals surface area contributed by atoms with Crippen molar-refractivity contribution >= 4 is 17.4 Å². The van der Waals surface area contributed by atoms with Crippen LogP contribution in [0.1, 0.15) is 33.9 Å². The lowest BCUT2D eigenvalue weighted by molar-refractivity contribution is -0.378. The van der Waals surface area contributed by atoms with Gasteiger partial charge < -0.3 is 19.8 Å². The van der Waals surface area contributed by atoms with Crippen LogP contribution < -0.4 is 14.8 Å². The Morgan fingerprint density at radius 3 is 2.42 bits per heavy atom. The number of ether oxygens (including phenoxy) is 1. The predicted octanol–water partition coefficient (Wildman–Crippen LogP) is 3.52. The van der Waals surface area contributed by atoms with Gasteiger partial charge in [0.15, 0.2) is 12.4 Å². The van der Waals surface area contributed by atoms with Crippen molar-refractivity contribution in [3.05, 3.63) is 131 Å². The summed E-state index contributed by atoms with van der Waals surface area (Å²) in [6, 6.07) is 23.4. The number of H-pyrrole nitrogens is 1. The van der Waals surface area contributed by atoms with Crippen molar-refractivity contribution in [2.45, 2.75) is 26.1 Å². The molecule has 0 bridgehead atoms. The first-order valence-electron chi connectivity index (χ1n) is 12.2. The second kappa shape index (κ2) is 10.6. The molecule has 0 saturated carbocycles. The summed E-state index contributed by atoms with van der Waals surface area (Å²) >= 11 is 0. The van der Waals surface area contributed by atoms with Crippen molar-refractivity contribution in [3.63, 3.8) is 0 Å². The third kappa shape index (κ3) is 4.99. The zero-order valence-corrected chi connectivity index (χ0v) is 20.8. The molecular weight excluding hydrogens is 480 g/mol. The van der Waals surface area contributed by atoms with Gasteiger partial charge in [-0.05, 0) is 59.0 Å². The van der Waals surface area contributed by atoms with Crippen molar-refractivity contribution < 1.29 is 29.5 Å². The first kappa shape index (κ1) is 24.8. The van der Waals surface area contributed by atoms with Gasteiger partial charge in [0.1, 0.15) is 18.1 Å². The molecule has 1 aromatic heterocycles. The van der Waals surface area contributed by atoms with Gasteiger partial charge in [0.25, 0.3) is 5.91 Å². The molecule has 1 amide bonds. The molecule has 4 aromatic rings. The number of nitrogens with zero attached hydrogens (tertiary/aromatic N) is 1. The Bertz CT molecular complexity index is 1510. The fourth-order valence-electron chi connectivity index (χ4n) is 4.59. The summed E-state index contributed by atoms with van der Waals surface area (Å²) in [5, 5.41) is 23.8. The van der Waals surface area contributed by atoms with Crippen LogP contribution in [-0.4, -0.2) is 21.7 Å². The second-order valence-electron chi connectivity index (χ2n) is 9.15. The molecule has 190 valence electrons. The molecular formula is C31H26N2O5. The number of phenols is 1. The van der Waals surface area contributed by atoms with E-state index in [1.165, 1.54) is 17.0 Å². The average molecular weight is 507 g/mol. The summed E-state index contributed by atoms with van der Waals surface area (Å²) in [6.07, 6.45) is 3.44. The van der Waals surface area contributed by atoms with Crippen LogP contribution in [0.5, 0.6) is 11.5 Å². The Balaban J connectivity index is 1.48. The number of aryl methyl sites for hydroxylation is 1. The average Bonchev–Trinajstić information content (AvgIpc) is 3.18. The number of ketones is 1. The highest BCUT2D eigenvalue weighted by molar-refractivity contribution is 6.46. The van der Waals surface area contributed by atoms with E-state index in [4.69, 9.17) is 4.74 Å². The predicted molar refractivity (Wildman–Crippen MR) is 138 cm³/mol. The van der Waals surface area contributed by atoms with Gasteiger partial charge in [0.2, 0.25) is 5.78 Å². The van der Waals surface area contributed by atoms with Gasteiger partial charge in [-0.15, -0.1) is 0 Å². The molecule has 2 heterocycles. The van der Waals surface area contributed by atoms with Gasteiger partial charge in [-0.3, -0.25) is 9.59 Å². The number of carbonyl (C=O) groups is 2. The number of hydrogen-bond acceptors (Lipinski definition) is 5. The summed E-state index contributed by atoms with van der Waals surface area (Å²) in [6.45, 7) is 2.53. The Morgan fingerprint density at radius 2 is 1.71 bits per heavy atom. The standard InChI is InChI=1S/C31H26N2O5/c1-20-5-2-3-6-24(20)19-38-26-11-9-22(10-12-26)29(35)27-28(23-7-4-8-25(34)17-23)33(31(37)30(27)36)18-21-13-15-32-16-14-21/h2-17,28,34-35H,18-19H2,1H3/b29-27+. The van der Waals surface area contributed by atoms with Gasteiger partial charge in [0.05, 0.1) is 6.04 Å². The number of nitrogens with one attached hydrogen (secondary N) is 1. The van der Waals surface area contributed by atoms with E-state index in [9.17, 15) is 19.8 Å². The van der Waals surface area contributed by atoms with Gasteiger partial charge in [0, 0.05) is 24.3 Å². The molecule has 38 heavy (non-hydrogen) atoms. The SMILES string of the molecule is Cc1ccccc1COc1ccc(/C([O-])=C2\C(=O)C(=O)N(Cc3cc[nH+]cc3)C2c2cccc(O)c2)cc1. The summed E-state index contributed by atoms with van der Waals surface area (Å²) in [4.78, 5) is 30.6. The van der Waals surface area contributed by atoms with Crippen molar-refractivity contribution in [2.75, 3.05) is 0 Å². The highest BCUT2D eigenvalue weighted by atomic mass is 16.5. The molecule has 1 atom stereocenters. The molecule has 2 N–H and O–H groups in total. The van der Waals surface area contributed by atoms with Crippen molar-refractivity contribution in [2.24, 2.45) is 0 Å². The van der Waals surface area contributed by atoms with Gasteiger partial charge in [-0.2, -0.15) is 0 Å². The Labute approximate surface area is 220 Å². The molecule has 0 aliphatic carbocycles. The Hall–Kier alpha value is -4.91. The molecule has 5 rings (SSSR count). The van der Waals surface area contributed by atoms with E-state index in [-0.39, 0.29) is 23.4 Å². The highest BCUT2D eigenvalue weighted by Gasteiger charge is 2.44. The minimum absolute atomic E-state index is 0.0227. The van der Waals surface area contributed by atoms with Crippen LogP contribution in [0, 0.1) is 6.92 Å². The smallest absolute Gasteiger partial charge is 0.295 e. The maximum absolute atomic E-state index is 13.7. The molecule has 1 aliphatic rings. The fraction of sp³-hybridized carbons (Fsp3) is 0.129. The van der Waals surface area contributed by atoms with E-state index < -0.39 is 23.5 Å². The van der Waals surface area contributed by atoms with Crippen LogP contribution in [0.3, 0.4) is 0 Å². The van der Waals surface area contributed by atoms with E-state index >= 15 is 0 Å². The number of aromatic nitrogens is 1. The number of carbonyl (C=O) groups excluding carboxylic acids is 2. The van der Waals surface area contributed by atoms with E-state index in [0.29, 0.717) is 17.9 Å². The zero-order chi connectivity index (χ0) is 26.6. The summed E-state index contributed by atoms with van der Waals surface area (Å²) in [5.41, 5.74) is 3.58. The van der Waals surface area contributed by atoms with Crippen LogP contribution in [-0.2, 0) is 22.7 Å². The Kier molecular flexibility index (Phi) is 6.91.